The Balaban J connectivity index is -0.00000200. The summed E-state index contributed by atoms with van der Waals surface area (Å²) in [5, 5.41) is 0. The number of phosphoric ester groups is 1. The van der Waals surface area contributed by atoms with Gasteiger partial charge in [-0.1, -0.05) is 66.2 Å². The molecule has 0 aliphatic carbocycles. The zero-order valence-electron chi connectivity index (χ0n) is 15.1. The van der Waals surface area contributed by atoms with E-state index in [0.29, 0.717) is 25.0 Å². The number of hydrogen-bond donors (Lipinski definition) is 2. The zero-order chi connectivity index (χ0) is 16.1. The van der Waals surface area contributed by atoms with E-state index in [-0.39, 0.29) is 57.5 Å². The van der Waals surface area contributed by atoms with E-state index in [2.05, 4.69) is 27.7 Å². The van der Waals surface area contributed by atoms with E-state index in [9.17, 15) is 9.46 Å². The van der Waals surface area contributed by atoms with Gasteiger partial charge in [-0.05, 0) is 24.7 Å². The number of hydrogen-bond acceptors (Lipinski definition) is 4. The van der Waals surface area contributed by atoms with Crippen LogP contribution in [0.4, 0.5) is 0 Å². The Morgan fingerprint density at radius 1 is 0.870 bits per heavy atom. The Bertz CT molecular complexity index is 271. The van der Waals surface area contributed by atoms with Crippen LogP contribution in [-0.2, 0) is 13.6 Å². The van der Waals surface area contributed by atoms with Crippen molar-refractivity contribution in [2.45, 2.75) is 79.1 Å². The summed E-state index contributed by atoms with van der Waals surface area (Å²) in [5.41, 5.74) is 0. The van der Waals surface area contributed by atoms with Gasteiger partial charge in [0.25, 0.3) is 0 Å². The fourth-order valence-corrected chi connectivity index (χ4v) is 3.11. The van der Waals surface area contributed by atoms with Crippen molar-refractivity contribution in [3.05, 3.63) is 0 Å². The zero-order valence-corrected chi connectivity index (χ0v) is 15.9. The van der Waals surface area contributed by atoms with E-state index >= 15 is 0 Å². The molecule has 138 valence electrons. The van der Waals surface area contributed by atoms with Crippen molar-refractivity contribution in [3.8, 4) is 0 Å². The summed E-state index contributed by atoms with van der Waals surface area (Å²) in [6.07, 6.45) is 8.56. The van der Waals surface area contributed by atoms with Crippen molar-refractivity contribution in [1.29, 1.82) is 0 Å². The van der Waals surface area contributed by atoms with Crippen molar-refractivity contribution in [1.82, 2.24) is 6.15 Å². The molecule has 0 aliphatic rings. The van der Waals surface area contributed by atoms with Crippen molar-refractivity contribution >= 4 is 59.2 Å². The van der Waals surface area contributed by atoms with Crippen LogP contribution >= 0.6 is 7.82 Å². The second kappa shape index (κ2) is 18.5. The van der Waals surface area contributed by atoms with E-state index in [1.165, 1.54) is 0 Å². The Kier molecular flexibility index (Phi) is 23.7. The van der Waals surface area contributed by atoms with Gasteiger partial charge in [-0.15, -0.1) is 0 Å². The van der Waals surface area contributed by atoms with Crippen LogP contribution in [0.15, 0.2) is 0 Å². The van der Waals surface area contributed by atoms with E-state index < -0.39 is 7.82 Å². The van der Waals surface area contributed by atoms with E-state index in [1.807, 2.05) is 0 Å². The minimum atomic E-state index is -3.89. The average Bonchev–Trinajstić information content (AvgIpc) is 2.47. The van der Waals surface area contributed by atoms with Crippen LogP contribution in [0.3, 0.4) is 0 Å². The molecule has 0 saturated carbocycles. The molecule has 23 heavy (non-hydrogen) atoms. The molecule has 0 rings (SSSR count). The molecule has 0 saturated heterocycles. The molecule has 2 atom stereocenters. The number of unbranched alkanes of at least 4 members (excludes halogenated alkanes) is 2. The Morgan fingerprint density at radius 2 is 1.22 bits per heavy atom. The molecule has 0 amide bonds. The maximum atomic E-state index is 11.9. The molecule has 0 bridgehead atoms. The molecule has 0 aromatic carbocycles. The quantitative estimate of drug-likeness (QED) is 0.325. The van der Waals surface area contributed by atoms with Gasteiger partial charge in [0.15, 0.2) is 0 Å². The monoisotopic (exact) mass is 379 g/mol. The Hall–Kier alpha value is 1.71. The molecular weight excluding hydrogens is 340 g/mol. The Morgan fingerprint density at radius 3 is 1.48 bits per heavy atom. The summed E-state index contributed by atoms with van der Waals surface area (Å²) in [4.78, 5) is 9.77. The first kappa shape index (κ1) is 29.5. The van der Waals surface area contributed by atoms with E-state index in [4.69, 9.17) is 9.05 Å². The fourth-order valence-electron chi connectivity index (χ4n) is 2.23. The van der Waals surface area contributed by atoms with Gasteiger partial charge < -0.3 is 11.0 Å². The van der Waals surface area contributed by atoms with Crippen LogP contribution in [0.1, 0.15) is 79.1 Å². The molecule has 0 heterocycles. The van der Waals surface area contributed by atoms with Crippen LogP contribution in [0.5, 0.6) is 0 Å². The second-order valence-electron chi connectivity index (χ2n) is 5.89. The first-order valence-electron chi connectivity index (χ1n) is 8.60. The van der Waals surface area contributed by atoms with Crippen LogP contribution in [-0.4, -0.2) is 69.5 Å². The molecule has 0 aromatic heterocycles. The Labute approximate surface area is 186 Å². The average molecular weight is 380 g/mol. The molecular formula is C16H39KNO4P. The van der Waals surface area contributed by atoms with Gasteiger partial charge in [-0.3, -0.25) is 9.05 Å². The molecule has 2 unspecified atom stereocenters. The van der Waals surface area contributed by atoms with Crippen LogP contribution in [0.25, 0.3) is 0 Å². The summed E-state index contributed by atoms with van der Waals surface area (Å²) in [5.74, 6) is 0.687. The van der Waals surface area contributed by atoms with Crippen LogP contribution < -0.4 is 6.15 Å². The molecule has 0 spiro atoms. The van der Waals surface area contributed by atoms with E-state index in [0.717, 1.165) is 51.4 Å². The third-order valence-corrected chi connectivity index (χ3v) is 4.98. The van der Waals surface area contributed by atoms with Gasteiger partial charge in [0, 0.05) is 0 Å². The van der Waals surface area contributed by atoms with Crippen molar-refractivity contribution in [3.63, 3.8) is 0 Å². The van der Waals surface area contributed by atoms with Gasteiger partial charge in [0.2, 0.25) is 0 Å². The molecule has 0 aliphatic heterocycles. The maximum absolute atomic E-state index is 11.9. The summed E-state index contributed by atoms with van der Waals surface area (Å²) in [6.45, 7) is 9.10. The van der Waals surface area contributed by atoms with Crippen LogP contribution in [0.2, 0.25) is 0 Å². The SMILES string of the molecule is CCCCC(CC)COP(=O)(O)OCC(CC)CCCC.N.[KH]. The van der Waals surface area contributed by atoms with Gasteiger partial charge >= 0.3 is 59.2 Å². The predicted octanol–water partition coefficient (Wildman–Crippen LogP) is 5.07. The molecule has 0 radical (unpaired) electrons. The normalized spacial score (nSPS) is 15.9. The van der Waals surface area contributed by atoms with Gasteiger partial charge in [0.1, 0.15) is 0 Å². The van der Waals surface area contributed by atoms with Crippen molar-refractivity contribution in [2.75, 3.05) is 13.2 Å². The molecule has 7 heteroatoms. The van der Waals surface area contributed by atoms with Crippen molar-refractivity contribution in [2.24, 2.45) is 11.8 Å². The molecule has 0 aromatic rings. The van der Waals surface area contributed by atoms with E-state index in [1.54, 1.807) is 0 Å². The number of phosphoric acid groups is 1. The standard InChI is InChI=1S/C16H35O4P.K.H3N.H/c1-5-9-11-15(7-3)13-19-21(17,18)20-14-16(8-4)12-10-6-2;;;/h15-16H,5-14H2,1-4H3,(H,17,18);;1H3;. The summed E-state index contributed by atoms with van der Waals surface area (Å²) in [6, 6.07) is 0. The first-order chi connectivity index (χ1) is 9.99. The molecule has 4 N–H and O–H groups in total. The molecule has 5 nitrogen and oxygen atoms in total. The minimum absolute atomic E-state index is 0. The summed E-state index contributed by atoms with van der Waals surface area (Å²) in [7, 11) is -3.89. The predicted molar refractivity (Wildman–Crippen MR) is 101 cm³/mol. The fraction of sp³-hybridized carbons (Fsp3) is 1.00. The van der Waals surface area contributed by atoms with Gasteiger partial charge in [0.05, 0.1) is 13.2 Å². The van der Waals surface area contributed by atoms with Gasteiger partial charge in [-0.25, -0.2) is 4.57 Å². The molecule has 0 fully saturated rings. The second-order valence-corrected chi connectivity index (χ2v) is 7.35. The third kappa shape index (κ3) is 16.9. The summed E-state index contributed by atoms with van der Waals surface area (Å²) < 4.78 is 22.2. The topological polar surface area (TPSA) is 90.8 Å². The van der Waals surface area contributed by atoms with Crippen LogP contribution in [0, 0.1) is 11.8 Å². The van der Waals surface area contributed by atoms with Gasteiger partial charge in [-0.2, -0.15) is 0 Å². The number of rotatable bonds is 14. The third-order valence-electron chi connectivity index (χ3n) is 4.03. The summed E-state index contributed by atoms with van der Waals surface area (Å²) >= 11 is 0. The van der Waals surface area contributed by atoms with Crippen molar-refractivity contribution < 1.29 is 18.5 Å². The first-order valence-corrected chi connectivity index (χ1v) is 10.1.